The Morgan fingerprint density at radius 1 is 1.17 bits per heavy atom. The van der Waals surface area contributed by atoms with Crippen molar-refractivity contribution in [1.82, 2.24) is 4.98 Å². The number of methoxy groups -OCH3 is 2. The van der Waals surface area contributed by atoms with Crippen LogP contribution in [0.1, 0.15) is 33.4 Å². The van der Waals surface area contributed by atoms with E-state index in [0.717, 1.165) is 11.1 Å². The van der Waals surface area contributed by atoms with Gasteiger partial charge in [-0.15, -0.1) is 0 Å². The van der Waals surface area contributed by atoms with Crippen LogP contribution in [-0.4, -0.2) is 31.2 Å². The fourth-order valence-electron chi connectivity index (χ4n) is 2.78. The molecular formula is C22H23N3O4S. The Balaban J connectivity index is 1.76. The zero-order valence-electron chi connectivity index (χ0n) is 17.3. The summed E-state index contributed by atoms with van der Waals surface area (Å²) in [6.07, 6.45) is 1.62. The van der Waals surface area contributed by atoms with E-state index in [1.54, 1.807) is 27.4 Å². The first-order valence-electron chi connectivity index (χ1n) is 9.22. The molecular weight excluding hydrogens is 402 g/mol. The molecule has 0 amide bonds. The minimum atomic E-state index is -0.0115. The highest BCUT2D eigenvalue weighted by Crippen LogP contribution is 2.38. The van der Waals surface area contributed by atoms with Crippen LogP contribution in [0.25, 0.3) is 0 Å². The largest absolute Gasteiger partial charge is 0.493 e. The summed E-state index contributed by atoms with van der Waals surface area (Å²) >= 11 is 1.27. The van der Waals surface area contributed by atoms with Gasteiger partial charge in [0.2, 0.25) is 10.9 Å². The van der Waals surface area contributed by atoms with Crippen molar-refractivity contribution < 1.29 is 19.0 Å². The first-order chi connectivity index (χ1) is 14.5. The van der Waals surface area contributed by atoms with E-state index in [1.165, 1.54) is 18.3 Å². The molecule has 156 valence electrons. The number of nitrogens with one attached hydrogen (secondary N) is 1. The average Bonchev–Trinajstić information content (AvgIpc) is 3.13. The molecule has 8 heteroatoms. The Labute approximate surface area is 179 Å². The van der Waals surface area contributed by atoms with E-state index in [4.69, 9.17) is 14.2 Å². The van der Waals surface area contributed by atoms with Crippen molar-refractivity contribution in [3.05, 3.63) is 64.2 Å². The molecule has 2 aromatic carbocycles. The molecule has 0 unspecified atom stereocenters. The third-order valence-electron chi connectivity index (χ3n) is 4.20. The topological polar surface area (TPSA) is 82.0 Å². The summed E-state index contributed by atoms with van der Waals surface area (Å²) in [5.41, 5.74) is 5.34. The summed E-state index contributed by atoms with van der Waals surface area (Å²) in [7, 11) is 3.15. The van der Waals surface area contributed by atoms with Gasteiger partial charge in [-0.3, -0.25) is 10.2 Å². The molecule has 0 saturated carbocycles. The number of thiazole rings is 1. The van der Waals surface area contributed by atoms with Crippen LogP contribution < -0.4 is 19.6 Å². The van der Waals surface area contributed by atoms with Crippen molar-refractivity contribution in [2.45, 2.75) is 20.5 Å². The van der Waals surface area contributed by atoms with Gasteiger partial charge in [-0.1, -0.05) is 41.7 Å². The number of benzene rings is 2. The summed E-state index contributed by atoms with van der Waals surface area (Å²) in [6, 6.07) is 13.5. The highest BCUT2D eigenvalue weighted by Gasteiger charge is 2.14. The van der Waals surface area contributed by atoms with Gasteiger partial charge >= 0.3 is 0 Å². The molecule has 0 spiro atoms. The summed E-state index contributed by atoms with van der Waals surface area (Å²) in [6.45, 7) is 3.71. The monoisotopic (exact) mass is 425 g/mol. The number of hydrazone groups is 1. The number of ketones is 1. The minimum absolute atomic E-state index is 0.0115. The predicted octanol–water partition coefficient (Wildman–Crippen LogP) is 4.70. The van der Waals surface area contributed by atoms with Crippen molar-refractivity contribution in [2.75, 3.05) is 19.6 Å². The van der Waals surface area contributed by atoms with Gasteiger partial charge in [-0.2, -0.15) is 5.10 Å². The van der Waals surface area contributed by atoms with E-state index < -0.39 is 0 Å². The molecule has 0 bridgehead atoms. The minimum Gasteiger partial charge on any atom is -0.493 e. The van der Waals surface area contributed by atoms with Crippen molar-refractivity contribution in [2.24, 2.45) is 5.10 Å². The lowest BCUT2D eigenvalue weighted by Crippen LogP contribution is -2.01. The zero-order chi connectivity index (χ0) is 21.5. The molecule has 0 aliphatic heterocycles. The molecule has 0 aliphatic carbocycles. The lowest BCUT2D eigenvalue weighted by Gasteiger charge is -2.15. The lowest BCUT2D eigenvalue weighted by atomic mass is 10.2. The van der Waals surface area contributed by atoms with Crippen LogP contribution in [0.4, 0.5) is 5.13 Å². The fraction of sp³-hybridized carbons (Fsp3) is 0.227. The number of carbonyl (C=O) groups excluding carboxylic acids is 1. The van der Waals surface area contributed by atoms with Gasteiger partial charge in [0.25, 0.3) is 0 Å². The Kier molecular flexibility index (Phi) is 7.03. The van der Waals surface area contributed by atoms with Gasteiger partial charge in [-0.05, 0) is 24.6 Å². The molecule has 0 saturated heterocycles. The smallest absolute Gasteiger partial charge is 0.204 e. The number of hydrogen-bond acceptors (Lipinski definition) is 8. The highest BCUT2D eigenvalue weighted by atomic mass is 32.1. The Bertz CT molecular complexity index is 1020. The van der Waals surface area contributed by atoms with Gasteiger partial charge < -0.3 is 14.2 Å². The van der Waals surface area contributed by atoms with Crippen LogP contribution in [0, 0.1) is 6.92 Å². The molecule has 0 fully saturated rings. The number of aromatic nitrogens is 1. The highest BCUT2D eigenvalue weighted by molar-refractivity contribution is 7.17. The molecule has 1 N–H and O–H groups in total. The third kappa shape index (κ3) is 5.15. The molecule has 0 radical (unpaired) electrons. The van der Waals surface area contributed by atoms with Crippen LogP contribution in [0.3, 0.4) is 0 Å². The van der Waals surface area contributed by atoms with Gasteiger partial charge in [0.1, 0.15) is 6.61 Å². The molecule has 30 heavy (non-hydrogen) atoms. The second-order valence-corrected chi connectivity index (χ2v) is 7.39. The number of nitrogens with zero attached hydrogens (tertiary/aromatic N) is 2. The first-order valence-corrected chi connectivity index (χ1v) is 10.0. The molecule has 3 rings (SSSR count). The molecule has 1 heterocycles. The van der Waals surface area contributed by atoms with Crippen LogP contribution in [0.15, 0.2) is 47.6 Å². The maximum atomic E-state index is 11.6. The van der Waals surface area contributed by atoms with Crippen LogP contribution in [0.5, 0.6) is 17.2 Å². The standard InChI is InChI=1S/C22H23N3O4S/c1-14-21(15(2)26)30-22(24-14)25-23-12-17-10-18(27-3)20(19(11-17)28-4)29-13-16-8-6-5-7-9-16/h5-12H,13H2,1-4H3,(H,24,25)/b23-12-. The molecule has 0 atom stereocenters. The number of anilines is 1. The first kappa shape index (κ1) is 21.3. The second-order valence-electron chi connectivity index (χ2n) is 6.39. The van der Waals surface area contributed by atoms with Crippen molar-refractivity contribution >= 4 is 28.5 Å². The van der Waals surface area contributed by atoms with Gasteiger partial charge in [0.05, 0.1) is 31.0 Å². The average molecular weight is 426 g/mol. The number of rotatable bonds is 9. The maximum absolute atomic E-state index is 11.6. The van der Waals surface area contributed by atoms with E-state index in [2.05, 4.69) is 15.5 Å². The summed E-state index contributed by atoms with van der Waals surface area (Å²) < 4.78 is 16.9. The SMILES string of the molecule is COc1cc(/C=N\Nc2nc(C)c(C(C)=O)s2)cc(OC)c1OCc1ccccc1. The quantitative estimate of drug-likeness (QED) is 0.304. The molecule has 1 aromatic heterocycles. The number of aryl methyl sites for hydroxylation is 1. The van der Waals surface area contributed by atoms with Gasteiger partial charge in [-0.25, -0.2) is 4.98 Å². The lowest BCUT2D eigenvalue weighted by molar-refractivity contribution is 0.102. The van der Waals surface area contributed by atoms with Crippen molar-refractivity contribution in [3.63, 3.8) is 0 Å². The number of hydrogen-bond donors (Lipinski definition) is 1. The van der Waals surface area contributed by atoms with Crippen molar-refractivity contribution in [1.29, 1.82) is 0 Å². The van der Waals surface area contributed by atoms with E-state index in [9.17, 15) is 4.79 Å². The Morgan fingerprint density at radius 3 is 2.40 bits per heavy atom. The summed E-state index contributed by atoms with van der Waals surface area (Å²) in [4.78, 5) is 16.5. The summed E-state index contributed by atoms with van der Waals surface area (Å²) in [5, 5.41) is 4.76. The number of Topliss-reactive ketones (excluding diaryl/α,β-unsaturated/α-hetero) is 1. The number of carbonyl (C=O) groups is 1. The maximum Gasteiger partial charge on any atom is 0.204 e. The Morgan fingerprint density at radius 2 is 1.83 bits per heavy atom. The number of ether oxygens (including phenoxy) is 3. The van der Waals surface area contributed by atoms with E-state index in [1.807, 2.05) is 42.5 Å². The summed E-state index contributed by atoms with van der Waals surface area (Å²) in [5.74, 6) is 1.59. The normalized spacial score (nSPS) is 10.8. The van der Waals surface area contributed by atoms with E-state index >= 15 is 0 Å². The van der Waals surface area contributed by atoms with E-state index in [0.29, 0.717) is 39.6 Å². The molecule has 3 aromatic rings. The van der Waals surface area contributed by atoms with Crippen molar-refractivity contribution in [3.8, 4) is 17.2 Å². The molecule has 0 aliphatic rings. The van der Waals surface area contributed by atoms with Crippen LogP contribution in [0.2, 0.25) is 0 Å². The Hall–Kier alpha value is -3.39. The van der Waals surface area contributed by atoms with Gasteiger partial charge in [0.15, 0.2) is 17.3 Å². The van der Waals surface area contributed by atoms with Gasteiger partial charge in [0, 0.05) is 12.5 Å². The van der Waals surface area contributed by atoms with Crippen LogP contribution in [-0.2, 0) is 6.61 Å². The second kappa shape index (κ2) is 9.89. The van der Waals surface area contributed by atoms with E-state index in [-0.39, 0.29) is 5.78 Å². The zero-order valence-corrected chi connectivity index (χ0v) is 18.1. The van der Waals surface area contributed by atoms with Crippen LogP contribution >= 0.6 is 11.3 Å². The predicted molar refractivity (Wildman–Crippen MR) is 118 cm³/mol. The fourth-order valence-corrected chi connectivity index (χ4v) is 3.59. The third-order valence-corrected chi connectivity index (χ3v) is 5.36. The molecule has 7 nitrogen and oxygen atoms in total.